The van der Waals surface area contributed by atoms with Gasteiger partial charge < -0.3 is 10.1 Å². The van der Waals surface area contributed by atoms with Gasteiger partial charge in [-0.1, -0.05) is 22.9 Å². The van der Waals surface area contributed by atoms with Crippen LogP contribution < -0.4 is 5.32 Å². The Kier molecular flexibility index (Phi) is 11.9. The predicted molar refractivity (Wildman–Crippen MR) is 66.4 cm³/mol. The van der Waals surface area contributed by atoms with E-state index in [1.54, 1.807) is 0 Å². The zero-order chi connectivity index (χ0) is 11.4. The summed E-state index contributed by atoms with van der Waals surface area (Å²) in [5.41, 5.74) is 0. The van der Waals surface area contributed by atoms with Crippen molar-refractivity contribution in [3.8, 4) is 0 Å². The van der Waals surface area contributed by atoms with Crippen molar-refractivity contribution in [1.29, 1.82) is 0 Å². The van der Waals surface area contributed by atoms with Crippen LogP contribution in [0.25, 0.3) is 0 Å². The van der Waals surface area contributed by atoms with Crippen molar-refractivity contribution in [2.75, 3.05) is 25.1 Å². The maximum atomic E-state index is 11.2. The summed E-state index contributed by atoms with van der Waals surface area (Å²) in [7, 11) is 0. The Morgan fingerprint density at radius 2 is 2.07 bits per heavy atom. The fourth-order valence-electron chi connectivity index (χ4n) is 1.12. The van der Waals surface area contributed by atoms with Crippen LogP contribution in [0, 0.1) is 0 Å². The molecule has 90 valence electrons. The van der Waals surface area contributed by atoms with Gasteiger partial charge in [-0.3, -0.25) is 4.79 Å². The number of amides is 1. The Hall–Kier alpha value is -0.0900. The van der Waals surface area contributed by atoms with Gasteiger partial charge in [-0.15, -0.1) is 0 Å². The first-order valence-corrected chi connectivity index (χ1v) is 6.83. The Morgan fingerprint density at radius 1 is 1.27 bits per heavy atom. The molecular weight excluding hydrogens is 258 g/mol. The summed E-state index contributed by atoms with van der Waals surface area (Å²) >= 11 is 3.34. The molecular formula is C11H22BrNO2. The molecule has 0 bridgehead atoms. The molecule has 0 unspecified atom stereocenters. The van der Waals surface area contributed by atoms with Gasteiger partial charge >= 0.3 is 0 Å². The zero-order valence-electron chi connectivity index (χ0n) is 9.56. The predicted octanol–water partition coefficient (Wildman–Crippen LogP) is 2.48. The van der Waals surface area contributed by atoms with E-state index in [2.05, 4.69) is 28.2 Å². The number of alkyl halides is 1. The molecule has 1 N–H and O–H groups in total. The van der Waals surface area contributed by atoms with E-state index in [1.165, 1.54) is 0 Å². The van der Waals surface area contributed by atoms with Crippen molar-refractivity contribution >= 4 is 21.8 Å². The SMILES string of the molecule is CCCOCCCNC(=O)CCCCBr. The second-order valence-electron chi connectivity index (χ2n) is 3.46. The van der Waals surface area contributed by atoms with E-state index in [1.807, 2.05) is 0 Å². The zero-order valence-corrected chi connectivity index (χ0v) is 11.1. The molecule has 0 spiro atoms. The van der Waals surface area contributed by atoms with Gasteiger partial charge in [0.2, 0.25) is 5.91 Å². The van der Waals surface area contributed by atoms with Crippen LogP contribution in [0.15, 0.2) is 0 Å². The summed E-state index contributed by atoms with van der Waals surface area (Å²) in [5, 5.41) is 3.86. The van der Waals surface area contributed by atoms with Gasteiger partial charge in [0.1, 0.15) is 0 Å². The Labute approximate surface area is 101 Å². The van der Waals surface area contributed by atoms with Gasteiger partial charge in [-0.2, -0.15) is 0 Å². The summed E-state index contributed by atoms with van der Waals surface area (Å²) in [6.45, 7) is 4.39. The Morgan fingerprint density at radius 3 is 2.73 bits per heavy atom. The number of nitrogens with one attached hydrogen (secondary N) is 1. The van der Waals surface area contributed by atoms with E-state index in [0.717, 1.165) is 50.8 Å². The first-order valence-electron chi connectivity index (χ1n) is 5.71. The van der Waals surface area contributed by atoms with E-state index >= 15 is 0 Å². The summed E-state index contributed by atoms with van der Waals surface area (Å²) < 4.78 is 5.31. The molecule has 0 aliphatic rings. The molecule has 15 heavy (non-hydrogen) atoms. The molecule has 0 aromatic rings. The molecule has 0 heterocycles. The minimum Gasteiger partial charge on any atom is -0.381 e. The van der Waals surface area contributed by atoms with Gasteiger partial charge in [-0.25, -0.2) is 0 Å². The summed E-state index contributed by atoms with van der Waals surface area (Å²) in [5.74, 6) is 0.159. The number of hydrogen-bond acceptors (Lipinski definition) is 2. The molecule has 0 saturated carbocycles. The highest BCUT2D eigenvalue weighted by atomic mass is 79.9. The third-order valence-corrected chi connectivity index (χ3v) is 2.48. The van der Waals surface area contributed by atoms with Crippen molar-refractivity contribution < 1.29 is 9.53 Å². The van der Waals surface area contributed by atoms with Gasteiger partial charge in [0, 0.05) is 31.5 Å². The molecule has 0 rings (SSSR count). The maximum Gasteiger partial charge on any atom is 0.219 e. The van der Waals surface area contributed by atoms with E-state index in [0.29, 0.717) is 6.42 Å². The largest absolute Gasteiger partial charge is 0.381 e. The highest BCUT2D eigenvalue weighted by Gasteiger charge is 1.99. The standard InChI is InChI=1S/C11H22BrNO2/c1-2-9-15-10-5-8-13-11(14)6-3-4-7-12/h2-10H2,1H3,(H,13,14). The quantitative estimate of drug-likeness (QED) is 0.493. The van der Waals surface area contributed by atoms with E-state index in [4.69, 9.17) is 4.74 Å². The second kappa shape index (κ2) is 12.0. The number of rotatable bonds is 10. The molecule has 0 aliphatic heterocycles. The molecule has 0 radical (unpaired) electrons. The molecule has 0 atom stereocenters. The summed E-state index contributed by atoms with van der Waals surface area (Å²) in [6.07, 6.45) is 4.63. The van der Waals surface area contributed by atoms with Crippen LogP contribution in [-0.4, -0.2) is 31.0 Å². The Balaban J connectivity index is 3.10. The molecule has 0 aliphatic carbocycles. The third kappa shape index (κ3) is 11.8. The van der Waals surface area contributed by atoms with Crippen LogP contribution >= 0.6 is 15.9 Å². The highest BCUT2D eigenvalue weighted by molar-refractivity contribution is 9.09. The van der Waals surface area contributed by atoms with Crippen molar-refractivity contribution in [1.82, 2.24) is 5.32 Å². The van der Waals surface area contributed by atoms with Gasteiger partial charge in [0.25, 0.3) is 0 Å². The molecule has 0 aromatic heterocycles. The third-order valence-electron chi connectivity index (χ3n) is 1.92. The topological polar surface area (TPSA) is 38.3 Å². The lowest BCUT2D eigenvalue weighted by Crippen LogP contribution is -2.24. The Bertz CT molecular complexity index is 154. The fraction of sp³-hybridized carbons (Fsp3) is 0.909. The van der Waals surface area contributed by atoms with E-state index in [9.17, 15) is 4.79 Å². The minimum atomic E-state index is 0.159. The van der Waals surface area contributed by atoms with Crippen LogP contribution in [0.5, 0.6) is 0 Å². The van der Waals surface area contributed by atoms with Crippen molar-refractivity contribution in [2.45, 2.75) is 39.0 Å². The molecule has 0 fully saturated rings. The van der Waals surface area contributed by atoms with Crippen LogP contribution in [0.2, 0.25) is 0 Å². The molecule has 3 nitrogen and oxygen atoms in total. The number of ether oxygens (including phenoxy) is 1. The van der Waals surface area contributed by atoms with Gasteiger partial charge in [0.05, 0.1) is 0 Å². The first-order chi connectivity index (χ1) is 7.31. The maximum absolute atomic E-state index is 11.2. The normalized spacial score (nSPS) is 10.3. The summed E-state index contributed by atoms with van der Waals surface area (Å²) in [4.78, 5) is 11.2. The van der Waals surface area contributed by atoms with Crippen molar-refractivity contribution in [3.63, 3.8) is 0 Å². The number of carbonyl (C=O) groups is 1. The lowest BCUT2D eigenvalue weighted by Gasteiger charge is -2.05. The molecule has 0 saturated heterocycles. The second-order valence-corrected chi connectivity index (χ2v) is 4.25. The van der Waals surface area contributed by atoms with E-state index in [-0.39, 0.29) is 5.91 Å². The molecule has 4 heteroatoms. The monoisotopic (exact) mass is 279 g/mol. The van der Waals surface area contributed by atoms with Crippen LogP contribution in [-0.2, 0) is 9.53 Å². The van der Waals surface area contributed by atoms with Crippen molar-refractivity contribution in [2.24, 2.45) is 0 Å². The first kappa shape index (κ1) is 14.9. The highest BCUT2D eigenvalue weighted by Crippen LogP contribution is 1.98. The number of carbonyl (C=O) groups excluding carboxylic acids is 1. The molecule has 1 amide bonds. The average molecular weight is 280 g/mol. The van der Waals surface area contributed by atoms with Crippen LogP contribution in [0.1, 0.15) is 39.0 Å². The van der Waals surface area contributed by atoms with E-state index < -0.39 is 0 Å². The van der Waals surface area contributed by atoms with Crippen LogP contribution in [0.3, 0.4) is 0 Å². The smallest absolute Gasteiger partial charge is 0.219 e. The average Bonchev–Trinajstić information content (AvgIpc) is 2.23. The number of halogens is 1. The number of unbranched alkanes of at least 4 members (excludes halogenated alkanes) is 1. The minimum absolute atomic E-state index is 0.159. The fourth-order valence-corrected chi connectivity index (χ4v) is 1.51. The lowest BCUT2D eigenvalue weighted by molar-refractivity contribution is -0.121. The lowest BCUT2D eigenvalue weighted by atomic mass is 10.2. The summed E-state index contributed by atoms with van der Waals surface area (Å²) in [6, 6.07) is 0. The van der Waals surface area contributed by atoms with Gasteiger partial charge in [-0.05, 0) is 25.7 Å². The van der Waals surface area contributed by atoms with Gasteiger partial charge in [0.15, 0.2) is 0 Å². The number of hydrogen-bond donors (Lipinski definition) is 1. The van der Waals surface area contributed by atoms with Crippen molar-refractivity contribution in [3.05, 3.63) is 0 Å². The molecule has 0 aromatic carbocycles. The van der Waals surface area contributed by atoms with Crippen LogP contribution in [0.4, 0.5) is 0 Å².